The van der Waals surface area contributed by atoms with E-state index in [9.17, 15) is 0 Å². The Bertz CT molecular complexity index is 181. The van der Waals surface area contributed by atoms with Crippen molar-refractivity contribution in [3.63, 3.8) is 0 Å². The molecular formula is C9H15Br2N. The SMILES string of the molecule is CCCN1CC[C@H]2[C@@H](C1)C2(Br)Br. The minimum atomic E-state index is 0.308. The second-order valence-corrected chi connectivity index (χ2v) is 7.67. The van der Waals surface area contributed by atoms with E-state index in [4.69, 9.17) is 0 Å². The molecule has 1 saturated carbocycles. The highest BCUT2D eigenvalue weighted by molar-refractivity contribution is 9.25. The van der Waals surface area contributed by atoms with Gasteiger partial charge in [-0.1, -0.05) is 38.8 Å². The lowest BCUT2D eigenvalue weighted by Crippen LogP contribution is -2.31. The Balaban J connectivity index is 1.88. The summed E-state index contributed by atoms with van der Waals surface area (Å²) in [5.74, 6) is 1.75. The summed E-state index contributed by atoms with van der Waals surface area (Å²) in [6.45, 7) is 6.12. The molecule has 2 atom stereocenters. The van der Waals surface area contributed by atoms with E-state index in [-0.39, 0.29) is 0 Å². The molecule has 70 valence electrons. The molecule has 0 radical (unpaired) electrons. The molecule has 0 aromatic rings. The standard InChI is InChI=1S/C9H15Br2N/c1-2-4-12-5-3-7-8(6-12)9(7,10)11/h7-8H,2-6H2,1H3/t7-,8+/m0/s1. The molecule has 1 aliphatic heterocycles. The van der Waals surface area contributed by atoms with Crippen molar-refractivity contribution >= 4 is 31.9 Å². The monoisotopic (exact) mass is 295 g/mol. The molecular weight excluding hydrogens is 282 g/mol. The van der Waals surface area contributed by atoms with Crippen molar-refractivity contribution < 1.29 is 0 Å². The fourth-order valence-corrected chi connectivity index (χ4v) is 4.07. The summed E-state index contributed by atoms with van der Waals surface area (Å²) in [5, 5.41) is 0. The Morgan fingerprint density at radius 3 is 2.75 bits per heavy atom. The van der Waals surface area contributed by atoms with Gasteiger partial charge in [0.05, 0.1) is 3.23 Å². The van der Waals surface area contributed by atoms with Crippen molar-refractivity contribution in [2.45, 2.75) is 23.0 Å². The summed E-state index contributed by atoms with van der Waals surface area (Å²) in [4.78, 5) is 2.59. The van der Waals surface area contributed by atoms with Crippen LogP contribution in [0.15, 0.2) is 0 Å². The first kappa shape index (κ1) is 9.47. The third-order valence-corrected chi connectivity index (χ3v) is 5.47. The van der Waals surface area contributed by atoms with E-state index in [0.29, 0.717) is 3.23 Å². The van der Waals surface area contributed by atoms with Crippen molar-refractivity contribution in [3.05, 3.63) is 0 Å². The second kappa shape index (κ2) is 3.25. The van der Waals surface area contributed by atoms with Crippen molar-refractivity contribution in [1.82, 2.24) is 4.90 Å². The third kappa shape index (κ3) is 1.48. The molecule has 0 aromatic carbocycles. The molecule has 0 N–H and O–H groups in total. The van der Waals surface area contributed by atoms with E-state index >= 15 is 0 Å². The van der Waals surface area contributed by atoms with Gasteiger partial charge in [-0.2, -0.15) is 0 Å². The van der Waals surface area contributed by atoms with E-state index in [0.717, 1.165) is 11.8 Å². The molecule has 1 heterocycles. The van der Waals surface area contributed by atoms with Crippen molar-refractivity contribution in [3.8, 4) is 0 Å². The Hall–Kier alpha value is 0.920. The maximum atomic E-state index is 3.75. The number of hydrogen-bond donors (Lipinski definition) is 0. The molecule has 2 aliphatic rings. The Morgan fingerprint density at radius 2 is 2.17 bits per heavy atom. The molecule has 2 fully saturated rings. The number of piperidine rings is 1. The van der Waals surface area contributed by atoms with Crippen LogP contribution in [0.4, 0.5) is 0 Å². The predicted molar refractivity (Wildman–Crippen MR) is 58.9 cm³/mol. The number of hydrogen-bond acceptors (Lipinski definition) is 1. The van der Waals surface area contributed by atoms with Gasteiger partial charge in [-0.25, -0.2) is 0 Å². The highest BCUT2D eigenvalue weighted by Crippen LogP contribution is 2.64. The number of fused-ring (bicyclic) bond motifs is 1. The highest BCUT2D eigenvalue weighted by atomic mass is 79.9. The average Bonchev–Trinajstić information content (AvgIpc) is 2.55. The third-order valence-electron chi connectivity index (χ3n) is 3.12. The Kier molecular flexibility index (Phi) is 2.56. The summed E-state index contributed by atoms with van der Waals surface area (Å²) in [6, 6.07) is 0. The predicted octanol–water partition coefficient (Wildman–Crippen LogP) is 2.83. The Morgan fingerprint density at radius 1 is 1.42 bits per heavy atom. The number of likely N-dealkylation sites (tertiary alicyclic amines) is 1. The van der Waals surface area contributed by atoms with E-state index < -0.39 is 0 Å². The van der Waals surface area contributed by atoms with Crippen LogP contribution in [0.5, 0.6) is 0 Å². The molecule has 0 aromatic heterocycles. The first-order chi connectivity index (χ1) is 5.66. The number of rotatable bonds is 2. The summed E-state index contributed by atoms with van der Waals surface area (Å²) in [7, 11) is 0. The van der Waals surface area contributed by atoms with Gasteiger partial charge in [0, 0.05) is 12.5 Å². The molecule has 12 heavy (non-hydrogen) atoms. The van der Waals surface area contributed by atoms with Gasteiger partial charge in [-0.05, 0) is 31.8 Å². The fraction of sp³-hybridized carbons (Fsp3) is 1.00. The molecule has 0 spiro atoms. The van der Waals surface area contributed by atoms with Gasteiger partial charge in [0.25, 0.3) is 0 Å². The number of nitrogens with zero attached hydrogens (tertiary/aromatic N) is 1. The Labute approximate surface area is 91.1 Å². The quantitative estimate of drug-likeness (QED) is 0.708. The highest BCUT2D eigenvalue weighted by Gasteiger charge is 2.62. The van der Waals surface area contributed by atoms with Gasteiger partial charge in [0.15, 0.2) is 0 Å². The van der Waals surface area contributed by atoms with Crippen molar-refractivity contribution in [2.75, 3.05) is 19.6 Å². The molecule has 2 rings (SSSR count). The minimum absolute atomic E-state index is 0.308. The lowest BCUT2D eigenvalue weighted by molar-refractivity contribution is 0.220. The zero-order valence-corrected chi connectivity index (χ0v) is 10.6. The maximum absolute atomic E-state index is 3.75. The number of halogens is 2. The van der Waals surface area contributed by atoms with Crippen LogP contribution in [0.1, 0.15) is 19.8 Å². The van der Waals surface area contributed by atoms with E-state index in [2.05, 4.69) is 43.7 Å². The summed E-state index contributed by atoms with van der Waals surface area (Å²) >= 11 is 7.50. The maximum Gasteiger partial charge on any atom is 0.0881 e. The zero-order chi connectivity index (χ0) is 8.77. The lowest BCUT2D eigenvalue weighted by Gasteiger charge is -2.24. The van der Waals surface area contributed by atoms with E-state index in [1.807, 2.05) is 0 Å². The van der Waals surface area contributed by atoms with Gasteiger partial charge in [-0.3, -0.25) is 0 Å². The molecule has 0 bridgehead atoms. The van der Waals surface area contributed by atoms with Crippen LogP contribution in [0, 0.1) is 11.8 Å². The molecule has 3 heteroatoms. The van der Waals surface area contributed by atoms with Gasteiger partial charge < -0.3 is 4.90 Å². The van der Waals surface area contributed by atoms with Crippen LogP contribution >= 0.6 is 31.9 Å². The van der Waals surface area contributed by atoms with Gasteiger partial charge in [0.2, 0.25) is 0 Å². The molecule has 0 unspecified atom stereocenters. The summed E-state index contributed by atoms with van der Waals surface area (Å²) in [6.07, 6.45) is 2.65. The zero-order valence-electron chi connectivity index (χ0n) is 7.39. The average molecular weight is 297 g/mol. The second-order valence-electron chi connectivity index (χ2n) is 3.98. The van der Waals surface area contributed by atoms with Crippen LogP contribution in [0.2, 0.25) is 0 Å². The van der Waals surface area contributed by atoms with E-state index in [1.165, 1.54) is 32.5 Å². The minimum Gasteiger partial charge on any atom is -0.303 e. The summed E-state index contributed by atoms with van der Waals surface area (Å²) < 4.78 is 0.308. The molecule has 1 nitrogen and oxygen atoms in total. The van der Waals surface area contributed by atoms with Gasteiger partial charge in [-0.15, -0.1) is 0 Å². The first-order valence-electron chi connectivity index (χ1n) is 4.76. The normalized spacial score (nSPS) is 39.2. The van der Waals surface area contributed by atoms with Crippen molar-refractivity contribution in [1.29, 1.82) is 0 Å². The largest absolute Gasteiger partial charge is 0.303 e. The fourth-order valence-electron chi connectivity index (χ4n) is 2.31. The summed E-state index contributed by atoms with van der Waals surface area (Å²) in [5.41, 5.74) is 0. The van der Waals surface area contributed by atoms with Crippen LogP contribution in [-0.2, 0) is 0 Å². The smallest absolute Gasteiger partial charge is 0.0881 e. The number of alkyl halides is 2. The molecule has 1 saturated heterocycles. The topological polar surface area (TPSA) is 3.24 Å². The van der Waals surface area contributed by atoms with Crippen LogP contribution < -0.4 is 0 Å². The van der Waals surface area contributed by atoms with Gasteiger partial charge >= 0.3 is 0 Å². The first-order valence-corrected chi connectivity index (χ1v) is 6.35. The molecule has 1 aliphatic carbocycles. The van der Waals surface area contributed by atoms with Crippen LogP contribution in [0.25, 0.3) is 0 Å². The van der Waals surface area contributed by atoms with E-state index in [1.54, 1.807) is 0 Å². The van der Waals surface area contributed by atoms with Crippen LogP contribution in [0.3, 0.4) is 0 Å². The lowest BCUT2D eigenvalue weighted by atomic mass is 10.1. The molecule has 0 amide bonds. The van der Waals surface area contributed by atoms with Gasteiger partial charge in [0.1, 0.15) is 0 Å². The van der Waals surface area contributed by atoms with Crippen LogP contribution in [-0.4, -0.2) is 27.8 Å². The van der Waals surface area contributed by atoms with Crippen molar-refractivity contribution in [2.24, 2.45) is 11.8 Å².